The highest BCUT2D eigenvalue weighted by Gasteiger charge is 1.95. The first-order valence-electron chi connectivity index (χ1n) is 5.21. The third-order valence-corrected chi connectivity index (χ3v) is 3.51. The van der Waals surface area contributed by atoms with E-state index >= 15 is 0 Å². The van der Waals surface area contributed by atoms with Gasteiger partial charge in [0, 0.05) is 33.3 Å². The molecule has 0 radical (unpaired) electrons. The topological polar surface area (TPSA) is 131 Å². The average molecular weight is 457 g/mol. The maximum atomic E-state index is 10.8. The van der Waals surface area contributed by atoms with E-state index in [4.69, 9.17) is 0 Å². The van der Waals surface area contributed by atoms with Crippen LogP contribution in [0.4, 0.5) is 0 Å². The van der Waals surface area contributed by atoms with Crippen LogP contribution in [0.2, 0.25) is 0 Å². The minimum absolute atomic E-state index is 0.307. The van der Waals surface area contributed by atoms with Gasteiger partial charge < -0.3 is 9.97 Å². The van der Waals surface area contributed by atoms with Crippen molar-refractivity contribution in [1.82, 2.24) is 19.9 Å². The normalized spacial score (nSPS) is 9.70. The van der Waals surface area contributed by atoms with Crippen LogP contribution in [-0.2, 0) is 9.76 Å². The van der Waals surface area contributed by atoms with E-state index in [1.54, 1.807) is 0 Å². The van der Waals surface area contributed by atoms with Crippen LogP contribution in [0.25, 0.3) is 0 Å². The molecule has 0 fully saturated rings. The van der Waals surface area contributed by atoms with Gasteiger partial charge in [0.05, 0.1) is 0 Å². The van der Waals surface area contributed by atoms with Crippen molar-refractivity contribution in [2.24, 2.45) is 0 Å². The van der Waals surface area contributed by atoms with Crippen molar-refractivity contribution >= 4 is 38.5 Å². The second-order valence-electron chi connectivity index (χ2n) is 3.46. The third kappa shape index (κ3) is 4.92. The Hall–Kier alpha value is -1.43. The lowest BCUT2D eigenvalue weighted by Crippen LogP contribution is -2.23. The summed E-state index contributed by atoms with van der Waals surface area (Å²) in [7, 11) is 0. The standard InChI is InChI=1S/C5H5BrN2O2.C5H5IN2O2/c2*6-1-3-2-7-5(10)8-4(3)9/h2*2H,1H2,(H2,7,8,9,10). The zero-order valence-corrected chi connectivity index (χ0v) is 13.7. The van der Waals surface area contributed by atoms with Gasteiger partial charge in [-0.25, -0.2) is 9.59 Å². The van der Waals surface area contributed by atoms with Crippen LogP contribution in [0.5, 0.6) is 0 Å². The van der Waals surface area contributed by atoms with Crippen LogP contribution in [0.3, 0.4) is 0 Å². The Morgan fingerprint density at radius 2 is 1.35 bits per heavy atom. The molecule has 0 aliphatic heterocycles. The van der Waals surface area contributed by atoms with Gasteiger partial charge in [-0.1, -0.05) is 38.5 Å². The molecule has 2 heterocycles. The van der Waals surface area contributed by atoms with Crippen molar-refractivity contribution in [2.45, 2.75) is 9.76 Å². The number of halogens is 2. The highest BCUT2D eigenvalue weighted by molar-refractivity contribution is 14.1. The smallest absolute Gasteiger partial charge is 0.314 e. The first kappa shape index (κ1) is 16.6. The van der Waals surface area contributed by atoms with Crippen molar-refractivity contribution in [3.8, 4) is 0 Å². The fourth-order valence-electron chi connectivity index (χ4n) is 1.07. The molecule has 0 aromatic carbocycles. The Morgan fingerprint density at radius 3 is 1.70 bits per heavy atom. The fraction of sp³-hybridized carbons (Fsp3) is 0.200. The van der Waals surface area contributed by atoms with Crippen molar-refractivity contribution in [3.63, 3.8) is 0 Å². The van der Waals surface area contributed by atoms with E-state index in [2.05, 4.69) is 35.9 Å². The Bertz CT molecular complexity index is 723. The van der Waals surface area contributed by atoms with Gasteiger partial charge in [-0.05, 0) is 0 Å². The zero-order valence-electron chi connectivity index (χ0n) is 9.96. The fourth-order valence-corrected chi connectivity index (χ4v) is 2.06. The summed E-state index contributed by atoms with van der Waals surface area (Å²) >= 11 is 5.14. The van der Waals surface area contributed by atoms with E-state index in [-0.39, 0.29) is 11.1 Å². The molecule has 108 valence electrons. The van der Waals surface area contributed by atoms with Crippen LogP contribution >= 0.6 is 38.5 Å². The predicted octanol–water partition coefficient (Wildman–Crippen LogP) is -0.0437. The quantitative estimate of drug-likeness (QED) is 0.373. The molecule has 0 spiro atoms. The van der Waals surface area contributed by atoms with Gasteiger partial charge in [0.1, 0.15) is 0 Å². The molecule has 8 nitrogen and oxygen atoms in total. The molecule has 0 saturated heterocycles. The monoisotopic (exact) mass is 456 g/mol. The van der Waals surface area contributed by atoms with Crippen LogP contribution in [0.1, 0.15) is 11.1 Å². The first-order chi connectivity index (χ1) is 9.47. The van der Waals surface area contributed by atoms with Crippen LogP contribution < -0.4 is 22.5 Å². The molecular formula is C10H10BrIN4O4. The molecule has 0 aliphatic carbocycles. The van der Waals surface area contributed by atoms with Crippen LogP contribution in [0.15, 0.2) is 31.6 Å². The number of aromatic nitrogens is 4. The molecule has 2 aromatic rings. The number of nitrogens with one attached hydrogen (secondary N) is 4. The summed E-state index contributed by atoms with van der Waals surface area (Å²) < 4.78 is 0.601. The highest BCUT2D eigenvalue weighted by atomic mass is 127. The Labute approximate surface area is 133 Å². The number of hydrogen-bond donors (Lipinski definition) is 4. The molecule has 4 N–H and O–H groups in total. The van der Waals surface area contributed by atoms with E-state index in [9.17, 15) is 19.2 Å². The molecule has 0 saturated carbocycles. The lowest BCUT2D eigenvalue weighted by Gasteiger charge is -1.88. The number of H-pyrrole nitrogens is 4. The lowest BCUT2D eigenvalue weighted by atomic mass is 10.4. The summed E-state index contributed by atoms with van der Waals surface area (Å²) in [5.74, 6) is 0. The van der Waals surface area contributed by atoms with Gasteiger partial charge in [-0.3, -0.25) is 19.6 Å². The van der Waals surface area contributed by atoms with Gasteiger partial charge in [0.25, 0.3) is 11.1 Å². The summed E-state index contributed by atoms with van der Waals surface area (Å²) in [6.45, 7) is 0. The second-order valence-corrected chi connectivity index (χ2v) is 4.79. The number of aromatic amines is 4. The summed E-state index contributed by atoms with van der Waals surface area (Å²) in [6.07, 6.45) is 2.81. The van der Waals surface area contributed by atoms with E-state index in [0.717, 1.165) is 0 Å². The van der Waals surface area contributed by atoms with Crippen molar-refractivity contribution in [1.29, 1.82) is 0 Å². The van der Waals surface area contributed by atoms with E-state index in [1.165, 1.54) is 12.4 Å². The minimum Gasteiger partial charge on any atom is -0.314 e. The van der Waals surface area contributed by atoms with E-state index in [1.807, 2.05) is 22.6 Å². The molecule has 20 heavy (non-hydrogen) atoms. The number of hydrogen-bond acceptors (Lipinski definition) is 4. The van der Waals surface area contributed by atoms with Gasteiger partial charge in [0.2, 0.25) is 0 Å². The van der Waals surface area contributed by atoms with Gasteiger partial charge >= 0.3 is 11.4 Å². The summed E-state index contributed by atoms with van der Waals surface area (Å²) in [5.41, 5.74) is -0.494. The summed E-state index contributed by atoms with van der Waals surface area (Å²) in [4.78, 5) is 51.4. The third-order valence-electron chi connectivity index (χ3n) is 2.08. The molecule has 2 aromatic heterocycles. The van der Waals surface area contributed by atoms with Gasteiger partial charge in [0.15, 0.2) is 0 Å². The summed E-state index contributed by atoms with van der Waals surface area (Å²) in [6, 6.07) is 0. The predicted molar refractivity (Wildman–Crippen MR) is 85.7 cm³/mol. The maximum absolute atomic E-state index is 10.8. The molecule has 0 amide bonds. The SMILES string of the molecule is O=c1[nH]cc(CBr)c(=O)[nH]1.O=c1[nH]cc(CI)c(=O)[nH]1. The highest BCUT2D eigenvalue weighted by Crippen LogP contribution is 1.93. The maximum Gasteiger partial charge on any atom is 0.325 e. The molecule has 0 bridgehead atoms. The Morgan fingerprint density at radius 1 is 0.900 bits per heavy atom. The van der Waals surface area contributed by atoms with Crippen LogP contribution in [-0.4, -0.2) is 19.9 Å². The molecule has 0 atom stereocenters. The minimum atomic E-state index is -0.477. The first-order valence-corrected chi connectivity index (χ1v) is 7.86. The Balaban J connectivity index is 0.000000200. The molecule has 2 rings (SSSR count). The number of rotatable bonds is 2. The molecular weight excluding hydrogens is 447 g/mol. The Kier molecular flexibility index (Phi) is 6.64. The largest absolute Gasteiger partial charge is 0.325 e. The lowest BCUT2D eigenvalue weighted by molar-refractivity contribution is 1.00. The van der Waals surface area contributed by atoms with Crippen LogP contribution in [0, 0.1) is 0 Å². The molecule has 0 aliphatic rings. The van der Waals surface area contributed by atoms with Crippen molar-refractivity contribution < 1.29 is 0 Å². The summed E-state index contributed by atoms with van der Waals surface area (Å²) in [5, 5.41) is 0.444. The van der Waals surface area contributed by atoms with E-state index < -0.39 is 11.4 Å². The van der Waals surface area contributed by atoms with Crippen molar-refractivity contribution in [3.05, 3.63) is 65.2 Å². The van der Waals surface area contributed by atoms with Gasteiger partial charge in [-0.15, -0.1) is 0 Å². The second kappa shape index (κ2) is 7.99. The molecule has 10 heteroatoms. The number of alkyl halides is 2. The van der Waals surface area contributed by atoms with E-state index in [0.29, 0.717) is 20.9 Å². The van der Waals surface area contributed by atoms with Crippen molar-refractivity contribution in [2.75, 3.05) is 0 Å². The molecule has 0 unspecified atom stereocenters. The average Bonchev–Trinajstić information content (AvgIpc) is 2.40. The van der Waals surface area contributed by atoms with Gasteiger partial charge in [-0.2, -0.15) is 0 Å². The zero-order chi connectivity index (χ0) is 15.1.